The fraction of sp³-hybridized carbons (Fsp3) is 0.133. The van der Waals surface area contributed by atoms with E-state index in [9.17, 15) is 9.59 Å². The third kappa shape index (κ3) is 4.25. The predicted octanol–water partition coefficient (Wildman–Crippen LogP) is 5.70. The number of hydrogen-bond acceptors (Lipinski definition) is 4. The molecule has 0 aliphatic carbocycles. The number of amides is 2. The molecule has 1 aliphatic heterocycles. The molecule has 1 N–H and O–H groups in total. The molecule has 182 valence electrons. The summed E-state index contributed by atoms with van der Waals surface area (Å²) in [5, 5.41) is 0.856. The highest BCUT2D eigenvalue weighted by atomic mass is 16.2. The summed E-state index contributed by atoms with van der Waals surface area (Å²) in [4.78, 5) is 40.8. The van der Waals surface area contributed by atoms with Crippen molar-refractivity contribution in [3.05, 3.63) is 97.1 Å². The van der Waals surface area contributed by atoms with Crippen LogP contribution in [0.15, 0.2) is 91.4 Å². The molecule has 1 fully saturated rings. The van der Waals surface area contributed by atoms with Crippen LogP contribution in [-0.2, 0) is 4.79 Å². The van der Waals surface area contributed by atoms with Crippen molar-refractivity contribution in [1.82, 2.24) is 15.0 Å². The van der Waals surface area contributed by atoms with Crippen molar-refractivity contribution in [3.8, 4) is 22.3 Å². The van der Waals surface area contributed by atoms with Crippen LogP contribution in [0.2, 0.25) is 0 Å². The van der Waals surface area contributed by atoms with E-state index in [0.29, 0.717) is 17.8 Å². The number of aromatic amines is 1. The number of H-pyrrole nitrogens is 1. The highest BCUT2D eigenvalue weighted by Crippen LogP contribution is 2.32. The van der Waals surface area contributed by atoms with Crippen LogP contribution in [-0.4, -0.2) is 40.4 Å². The number of nitrogens with zero attached hydrogens (tertiary/aromatic N) is 4. The maximum Gasteiger partial charge on any atom is 0.274 e. The highest BCUT2D eigenvalue weighted by molar-refractivity contribution is 6.08. The van der Waals surface area contributed by atoms with Crippen LogP contribution in [0.25, 0.3) is 33.3 Å². The fourth-order valence-electron chi connectivity index (χ4n) is 4.84. The lowest BCUT2D eigenvalue weighted by Crippen LogP contribution is -2.26. The number of aromatic nitrogens is 3. The Bertz CT molecular complexity index is 1610. The summed E-state index contributed by atoms with van der Waals surface area (Å²) < 4.78 is 0. The number of hydrogen-bond donors (Lipinski definition) is 1. The van der Waals surface area contributed by atoms with Crippen molar-refractivity contribution in [1.29, 1.82) is 0 Å². The average molecular weight is 488 g/mol. The summed E-state index contributed by atoms with van der Waals surface area (Å²) in [6.07, 6.45) is 6.90. The summed E-state index contributed by atoms with van der Waals surface area (Å²) in [7, 11) is 1.76. The average Bonchev–Trinajstić information content (AvgIpc) is 3.59. The zero-order valence-corrected chi connectivity index (χ0v) is 20.4. The molecule has 0 unspecified atom stereocenters. The lowest BCUT2D eigenvalue weighted by atomic mass is 10.0. The number of para-hydroxylation sites is 1. The molecule has 4 heterocycles. The molecule has 0 atom stereocenters. The van der Waals surface area contributed by atoms with Crippen molar-refractivity contribution < 1.29 is 9.59 Å². The number of pyridine rings is 2. The Morgan fingerprint density at radius 1 is 0.946 bits per heavy atom. The van der Waals surface area contributed by atoms with Gasteiger partial charge in [-0.25, -0.2) is 4.98 Å². The molecule has 7 heteroatoms. The van der Waals surface area contributed by atoms with Crippen LogP contribution in [0.3, 0.4) is 0 Å². The monoisotopic (exact) mass is 487 g/mol. The maximum atomic E-state index is 13.2. The van der Waals surface area contributed by atoms with E-state index < -0.39 is 0 Å². The summed E-state index contributed by atoms with van der Waals surface area (Å²) >= 11 is 0. The van der Waals surface area contributed by atoms with E-state index in [-0.39, 0.29) is 11.8 Å². The second-order valence-electron chi connectivity index (χ2n) is 9.16. The Morgan fingerprint density at radius 3 is 2.49 bits per heavy atom. The van der Waals surface area contributed by atoms with Crippen molar-refractivity contribution >= 4 is 34.2 Å². The molecule has 7 nitrogen and oxygen atoms in total. The van der Waals surface area contributed by atoms with E-state index in [1.807, 2.05) is 84.0 Å². The van der Waals surface area contributed by atoms with Crippen molar-refractivity contribution in [2.75, 3.05) is 23.4 Å². The second-order valence-corrected chi connectivity index (χ2v) is 9.16. The molecule has 3 aromatic heterocycles. The quantitative estimate of drug-likeness (QED) is 0.345. The molecule has 2 amide bonds. The molecule has 0 saturated carbocycles. The molecular weight excluding hydrogens is 462 g/mol. The normalized spacial score (nSPS) is 13.3. The lowest BCUT2D eigenvalue weighted by molar-refractivity contribution is -0.117. The molecule has 5 aromatic rings. The number of carbonyl (C=O) groups excluding carboxylic acids is 2. The van der Waals surface area contributed by atoms with Gasteiger partial charge in [-0.2, -0.15) is 0 Å². The Labute approximate surface area is 214 Å². The Hall–Kier alpha value is -4.78. The van der Waals surface area contributed by atoms with Gasteiger partial charge in [-0.15, -0.1) is 0 Å². The second kappa shape index (κ2) is 9.35. The highest BCUT2D eigenvalue weighted by Gasteiger charge is 2.22. The first-order valence-corrected chi connectivity index (χ1v) is 12.3. The SMILES string of the molecule is CN(C(=O)c1cc2c(-c3cncc(-c4ccc(N5CCCC5=O)cc4)c3)ccnc2[nH]1)c1ccccc1. The number of fused-ring (bicyclic) bond motifs is 1. The van der Waals surface area contributed by atoms with E-state index in [4.69, 9.17) is 0 Å². The van der Waals surface area contributed by atoms with Gasteiger partial charge in [0.15, 0.2) is 0 Å². The standard InChI is InChI=1S/C30H25N5O2/c1-34(23-6-3-2-4-7-23)30(37)27-17-26-25(13-14-32-29(26)33-27)22-16-21(18-31-19-22)20-9-11-24(12-10-20)35-15-5-8-28(35)36/h2-4,6-7,9-14,16-19H,5,8,15H2,1H3,(H,32,33). The third-order valence-corrected chi connectivity index (χ3v) is 6.85. The summed E-state index contributed by atoms with van der Waals surface area (Å²) in [5.74, 6) is 0.0380. The van der Waals surface area contributed by atoms with Crippen LogP contribution in [0, 0.1) is 0 Å². The van der Waals surface area contributed by atoms with Crippen molar-refractivity contribution in [3.63, 3.8) is 0 Å². The number of benzene rings is 2. The molecule has 0 radical (unpaired) electrons. The minimum atomic E-state index is -0.140. The van der Waals surface area contributed by atoms with Gasteiger partial charge < -0.3 is 14.8 Å². The summed E-state index contributed by atoms with van der Waals surface area (Å²) in [5.41, 5.74) is 6.72. The molecule has 0 bridgehead atoms. The molecule has 6 rings (SSSR count). The van der Waals surface area contributed by atoms with Gasteiger partial charge in [-0.05, 0) is 60.0 Å². The topological polar surface area (TPSA) is 82.2 Å². The predicted molar refractivity (Wildman–Crippen MR) is 146 cm³/mol. The van der Waals surface area contributed by atoms with E-state index in [1.165, 1.54) is 0 Å². The first-order chi connectivity index (χ1) is 18.1. The zero-order valence-electron chi connectivity index (χ0n) is 20.4. The van der Waals surface area contributed by atoms with Gasteiger partial charge >= 0.3 is 0 Å². The zero-order chi connectivity index (χ0) is 25.4. The number of nitrogens with one attached hydrogen (secondary N) is 1. The summed E-state index contributed by atoms with van der Waals surface area (Å²) in [6.45, 7) is 0.773. The molecule has 37 heavy (non-hydrogen) atoms. The van der Waals surface area contributed by atoms with Crippen molar-refractivity contribution in [2.45, 2.75) is 12.8 Å². The molecular formula is C30H25N5O2. The van der Waals surface area contributed by atoms with Gasteiger partial charge in [-0.3, -0.25) is 14.6 Å². The Balaban J connectivity index is 1.31. The van der Waals surface area contributed by atoms with Gasteiger partial charge in [0.1, 0.15) is 11.3 Å². The Kier molecular flexibility index (Phi) is 5.73. The minimum Gasteiger partial charge on any atom is -0.335 e. The number of anilines is 2. The third-order valence-electron chi connectivity index (χ3n) is 6.85. The summed E-state index contributed by atoms with van der Waals surface area (Å²) in [6, 6.07) is 23.4. The van der Waals surface area contributed by atoms with Crippen LogP contribution in [0.5, 0.6) is 0 Å². The molecule has 0 spiro atoms. The largest absolute Gasteiger partial charge is 0.335 e. The van der Waals surface area contributed by atoms with Gasteiger partial charge in [0.25, 0.3) is 5.91 Å². The lowest BCUT2D eigenvalue weighted by Gasteiger charge is -2.16. The van der Waals surface area contributed by atoms with E-state index in [2.05, 4.69) is 21.0 Å². The fourth-order valence-corrected chi connectivity index (χ4v) is 4.84. The van der Waals surface area contributed by atoms with Crippen LogP contribution in [0.4, 0.5) is 11.4 Å². The van der Waals surface area contributed by atoms with Gasteiger partial charge in [0.05, 0.1) is 0 Å². The van der Waals surface area contributed by atoms with E-state index in [1.54, 1.807) is 18.1 Å². The van der Waals surface area contributed by atoms with Gasteiger partial charge in [-0.1, -0.05) is 30.3 Å². The van der Waals surface area contributed by atoms with E-state index >= 15 is 0 Å². The molecule has 2 aromatic carbocycles. The molecule has 1 aliphatic rings. The van der Waals surface area contributed by atoms with Crippen LogP contribution < -0.4 is 9.80 Å². The minimum absolute atomic E-state index is 0.140. The number of carbonyl (C=O) groups is 2. The first-order valence-electron chi connectivity index (χ1n) is 12.3. The van der Waals surface area contributed by atoms with Gasteiger partial charge in [0.2, 0.25) is 5.91 Å². The first kappa shape index (κ1) is 22.7. The smallest absolute Gasteiger partial charge is 0.274 e. The molecule has 1 saturated heterocycles. The van der Waals surface area contributed by atoms with E-state index in [0.717, 1.165) is 52.0 Å². The van der Waals surface area contributed by atoms with Gasteiger partial charge in [0, 0.05) is 66.5 Å². The van der Waals surface area contributed by atoms with Crippen molar-refractivity contribution in [2.24, 2.45) is 0 Å². The Morgan fingerprint density at radius 2 is 1.73 bits per heavy atom. The van der Waals surface area contributed by atoms with Crippen LogP contribution in [0.1, 0.15) is 23.3 Å². The maximum absolute atomic E-state index is 13.2. The van der Waals surface area contributed by atoms with Crippen LogP contribution >= 0.6 is 0 Å². The number of rotatable bonds is 5.